The minimum absolute atomic E-state index is 0.806. The first kappa shape index (κ1) is 41.7. The average Bonchev–Trinajstić information content (AvgIpc) is 3.70. The number of hydrogen-bond donors (Lipinski definition) is 0. The van der Waals surface area contributed by atoms with E-state index in [1.807, 2.05) is 0 Å². The molecule has 0 aliphatic heterocycles. The Bertz CT molecular complexity index is 1440. The third-order valence-corrected chi connectivity index (χ3v) is 11.6. The van der Waals surface area contributed by atoms with E-state index < -0.39 is 37.0 Å². The van der Waals surface area contributed by atoms with Gasteiger partial charge in [0.1, 0.15) is 0 Å². The molecule has 0 bridgehead atoms. The molecule has 0 heterocycles. The van der Waals surface area contributed by atoms with Crippen LogP contribution in [0.5, 0.6) is 0 Å². The van der Waals surface area contributed by atoms with Gasteiger partial charge in [0.2, 0.25) is 0 Å². The molecule has 2 radical (unpaired) electrons. The van der Waals surface area contributed by atoms with Gasteiger partial charge in [-0.05, 0) is 37.5 Å². The number of fused-ring (bicyclic) bond motifs is 2. The van der Waals surface area contributed by atoms with Crippen LogP contribution in [0.1, 0.15) is 98.3 Å². The standard InChI is InChI=1S/2C20H27Si.C2H6Si.2ClH.Zr/c2*1-21(2,3)13-12-17-10-7-11-18-14-19(15-20(17)18)16-8-5-4-6-9-16;1-3-2;;;/h2*7,10-16H,4-6,8-9H2,1-3H3;1-2H3;2*1H;/q2*-1;;;;+4/p-2. The second-order valence-corrected chi connectivity index (χ2v) is 30.8. The van der Waals surface area contributed by atoms with Gasteiger partial charge in [0.25, 0.3) is 0 Å². The molecule has 0 unspecified atom stereocenters. The number of hydrogen-bond acceptors (Lipinski definition) is 0. The molecular weight excluding hydrogens is 751 g/mol. The van der Waals surface area contributed by atoms with Gasteiger partial charge in [-0.3, -0.25) is 0 Å². The molecule has 4 aromatic rings. The first-order valence-corrected chi connectivity index (χ1v) is 33.7. The van der Waals surface area contributed by atoms with E-state index in [2.05, 4.69) is 137 Å². The molecule has 258 valence electrons. The molecule has 2 saturated carbocycles. The predicted molar refractivity (Wildman–Crippen MR) is 225 cm³/mol. The molecule has 2 fully saturated rings. The summed E-state index contributed by atoms with van der Waals surface area (Å²) in [6, 6.07) is 23.3. The summed E-state index contributed by atoms with van der Waals surface area (Å²) in [4.78, 5) is 0. The first-order chi connectivity index (χ1) is 22.9. The van der Waals surface area contributed by atoms with Crippen LogP contribution in [0.4, 0.5) is 0 Å². The molecule has 4 aromatic carbocycles. The van der Waals surface area contributed by atoms with Gasteiger partial charge < -0.3 is 0 Å². The summed E-state index contributed by atoms with van der Waals surface area (Å²) < 4.78 is 0. The summed E-state index contributed by atoms with van der Waals surface area (Å²) in [6.45, 7) is 18.7. The van der Waals surface area contributed by atoms with Crippen molar-refractivity contribution >= 4 is 76.4 Å². The van der Waals surface area contributed by atoms with E-state index in [-0.39, 0.29) is 0 Å². The van der Waals surface area contributed by atoms with Crippen molar-refractivity contribution in [3.63, 3.8) is 0 Å². The topological polar surface area (TPSA) is 0 Å². The third-order valence-electron chi connectivity index (χ3n) is 9.29. The molecule has 0 nitrogen and oxygen atoms in total. The molecule has 6 rings (SSSR count). The van der Waals surface area contributed by atoms with Crippen LogP contribution in [0, 0.1) is 0 Å². The Hall–Kier alpha value is -0.746. The molecule has 0 spiro atoms. The van der Waals surface area contributed by atoms with Gasteiger partial charge in [-0.2, -0.15) is 12.1 Å². The second kappa shape index (κ2) is 20.9. The van der Waals surface area contributed by atoms with E-state index >= 15 is 0 Å². The van der Waals surface area contributed by atoms with Gasteiger partial charge in [-0.15, -0.1) is 69.1 Å². The van der Waals surface area contributed by atoms with Gasteiger partial charge in [0.05, 0.1) is 16.1 Å². The van der Waals surface area contributed by atoms with Gasteiger partial charge in [0.15, 0.2) is 0 Å². The quantitative estimate of drug-likeness (QED) is 0.134. The van der Waals surface area contributed by atoms with Crippen LogP contribution in [0.25, 0.3) is 33.7 Å². The van der Waals surface area contributed by atoms with E-state index in [0.29, 0.717) is 0 Å². The fourth-order valence-corrected chi connectivity index (χ4v) is 8.24. The van der Waals surface area contributed by atoms with Crippen LogP contribution < -0.4 is 0 Å². The SMILES string of the molecule is C[Si](C)(C)C=Cc1cccc2[cH-]c(C3CCCCC3)cc12.C[Si](C)(C)C=Cc1cccc2[cH-]c(C3CCCCC3)cc12.C[Si]C.[Cl][Zr+2][Cl]. The van der Waals surface area contributed by atoms with Crippen LogP contribution in [0.2, 0.25) is 52.4 Å². The van der Waals surface area contributed by atoms with Crippen molar-refractivity contribution in [2.24, 2.45) is 0 Å². The molecule has 0 aromatic heterocycles. The van der Waals surface area contributed by atoms with E-state index in [1.165, 1.54) is 96.9 Å². The Morgan fingerprint density at radius 1 is 0.625 bits per heavy atom. The number of benzene rings is 2. The molecule has 0 saturated heterocycles. The zero-order valence-corrected chi connectivity index (χ0v) is 38.0. The van der Waals surface area contributed by atoms with E-state index in [0.717, 1.165) is 21.4 Å². The normalized spacial score (nSPS) is 16.2. The van der Waals surface area contributed by atoms with Crippen LogP contribution in [0.3, 0.4) is 0 Å². The molecule has 2 aliphatic carbocycles. The molecular formula is C42H60Cl2Si3Zr. The van der Waals surface area contributed by atoms with Crippen molar-refractivity contribution in [3.8, 4) is 0 Å². The van der Waals surface area contributed by atoms with Crippen molar-refractivity contribution in [2.75, 3.05) is 0 Å². The molecule has 0 atom stereocenters. The van der Waals surface area contributed by atoms with Crippen LogP contribution in [0.15, 0.2) is 72.1 Å². The summed E-state index contributed by atoms with van der Waals surface area (Å²) in [5, 5.41) is 5.75. The van der Waals surface area contributed by atoms with Crippen LogP contribution in [-0.4, -0.2) is 25.7 Å². The average molecular weight is 811 g/mol. The van der Waals surface area contributed by atoms with E-state index in [4.69, 9.17) is 17.0 Å². The number of halogens is 2. The molecule has 6 heteroatoms. The van der Waals surface area contributed by atoms with Crippen LogP contribution >= 0.6 is 17.0 Å². The maximum atomic E-state index is 4.93. The Balaban J connectivity index is 0.000000224. The summed E-state index contributed by atoms with van der Waals surface area (Å²) in [7, 11) is 8.68. The zero-order chi connectivity index (χ0) is 35.2. The Labute approximate surface area is 317 Å². The Morgan fingerprint density at radius 2 is 0.958 bits per heavy atom. The maximum absolute atomic E-state index is 4.93. The fourth-order valence-electron chi connectivity index (χ4n) is 6.88. The molecule has 0 amide bonds. The molecule has 2 aliphatic rings. The summed E-state index contributed by atoms with van der Waals surface area (Å²) in [5.74, 6) is 1.61. The van der Waals surface area contributed by atoms with E-state index in [1.54, 1.807) is 11.1 Å². The minimum atomic E-state index is -1.13. The van der Waals surface area contributed by atoms with Crippen molar-refractivity contribution in [2.45, 2.75) is 128 Å². The first-order valence-electron chi connectivity index (χ1n) is 18.2. The van der Waals surface area contributed by atoms with Gasteiger partial charge in [-0.25, -0.2) is 0 Å². The summed E-state index contributed by atoms with van der Waals surface area (Å²) >= 11 is -0.826. The Kier molecular flexibility index (Phi) is 18.2. The molecule has 48 heavy (non-hydrogen) atoms. The number of rotatable bonds is 6. The van der Waals surface area contributed by atoms with Crippen LogP contribution in [-0.2, 0) is 20.8 Å². The zero-order valence-electron chi connectivity index (χ0n) is 31.1. The fraction of sp³-hybridized carbons (Fsp3) is 0.476. The Morgan fingerprint density at radius 3 is 1.27 bits per heavy atom. The van der Waals surface area contributed by atoms with Crippen molar-refractivity contribution in [1.82, 2.24) is 0 Å². The van der Waals surface area contributed by atoms with Crippen molar-refractivity contribution in [1.29, 1.82) is 0 Å². The van der Waals surface area contributed by atoms with Gasteiger partial charge in [0, 0.05) is 9.52 Å². The summed E-state index contributed by atoms with van der Waals surface area (Å²) in [5.41, 5.74) is 10.9. The molecule has 0 N–H and O–H groups in total. The second-order valence-electron chi connectivity index (χ2n) is 15.9. The monoisotopic (exact) mass is 808 g/mol. The van der Waals surface area contributed by atoms with Crippen molar-refractivity contribution in [3.05, 3.63) is 94.3 Å². The van der Waals surface area contributed by atoms with Gasteiger partial charge in [-0.1, -0.05) is 138 Å². The third kappa shape index (κ3) is 14.1. The predicted octanol–water partition coefficient (Wildman–Crippen LogP) is 15.2. The van der Waals surface area contributed by atoms with Crippen molar-refractivity contribution < 1.29 is 20.8 Å². The van der Waals surface area contributed by atoms with E-state index in [9.17, 15) is 0 Å². The summed E-state index contributed by atoms with van der Waals surface area (Å²) in [6.07, 6.45) is 18.8. The van der Waals surface area contributed by atoms with Gasteiger partial charge >= 0.3 is 37.9 Å².